The van der Waals surface area contributed by atoms with Crippen molar-refractivity contribution in [1.29, 1.82) is 0 Å². The van der Waals surface area contributed by atoms with Crippen LogP contribution in [0.3, 0.4) is 0 Å². The average Bonchev–Trinajstić information content (AvgIpc) is 2.27. The van der Waals surface area contributed by atoms with Gasteiger partial charge in [-0.25, -0.2) is 0 Å². The Morgan fingerprint density at radius 2 is 1.94 bits per heavy atom. The number of benzene rings is 1. The molecule has 0 aromatic heterocycles. The quantitative estimate of drug-likeness (QED) is 0.806. The topological polar surface area (TPSA) is 64.3 Å². The summed E-state index contributed by atoms with van der Waals surface area (Å²) in [4.78, 5) is 11.3. The third kappa shape index (κ3) is 2.97. The second-order valence-electron chi connectivity index (χ2n) is 4.46. The zero-order chi connectivity index (χ0) is 13.1. The van der Waals surface area contributed by atoms with Gasteiger partial charge in [-0.2, -0.15) is 0 Å². The van der Waals surface area contributed by atoms with Crippen LogP contribution in [-0.4, -0.2) is 25.1 Å². The zero-order valence-corrected chi connectivity index (χ0v) is 10.8. The third-order valence-electron chi connectivity index (χ3n) is 3.01. The highest BCUT2D eigenvalue weighted by molar-refractivity contribution is 5.84. The van der Waals surface area contributed by atoms with Gasteiger partial charge in [-0.3, -0.25) is 4.79 Å². The molecular weight excluding hydrogens is 216 g/mol. The first-order chi connectivity index (χ1) is 7.90. The van der Waals surface area contributed by atoms with Gasteiger partial charge in [0.1, 0.15) is 17.9 Å². The van der Waals surface area contributed by atoms with E-state index in [9.17, 15) is 4.79 Å². The maximum Gasteiger partial charge on any atom is 0.240 e. The Morgan fingerprint density at radius 3 is 2.35 bits per heavy atom. The van der Waals surface area contributed by atoms with Crippen LogP contribution in [-0.2, 0) is 4.79 Å². The summed E-state index contributed by atoms with van der Waals surface area (Å²) in [5.74, 6) is 0.390. The second kappa shape index (κ2) is 5.19. The minimum absolute atomic E-state index is 0.213. The van der Waals surface area contributed by atoms with Gasteiger partial charge in [0.05, 0.1) is 0 Å². The smallest absolute Gasteiger partial charge is 0.240 e. The molecule has 0 aliphatic rings. The molecule has 0 saturated heterocycles. The van der Waals surface area contributed by atoms with E-state index in [1.807, 2.05) is 32.0 Å². The lowest BCUT2D eigenvalue weighted by molar-refractivity contribution is -0.124. The van der Waals surface area contributed by atoms with Gasteiger partial charge in [0.15, 0.2) is 0 Å². The molecule has 3 N–H and O–H groups in total. The number of primary amides is 1. The second-order valence-corrected chi connectivity index (χ2v) is 4.46. The summed E-state index contributed by atoms with van der Waals surface area (Å²) >= 11 is 0. The average molecular weight is 236 g/mol. The molecule has 0 aliphatic carbocycles. The van der Waals surface area contributed by atoms with E-state index in [0.29, 0.717) is 0 Å². The molecule has 0 aliphatic heterocycles. The number of hydrogen-bond acceptors (Lipinski definition) is 3. The van der Waals surface area contributed by atoms with E-state index >= 15 is 0 Å². The molecule has 1 rings (SSSR count). The van der Waals surface area contributed by atoms with Crippen molar-refractivity contribution in [2.24, 2.45) is 5.73 Å². The van der Waals surface area contributed by atoms with Gasteiger partial charge in [0.2, 0.25) is 5.91 Å². The first-order valence-corrected chi connectivity index (χ1v) is 5.58. The number of nitrogens with two attached hydrogens (primary N) is 1. The SMILES string of the molecule is CNC(C)(COc1c(C)cccc1C)C(N)=O. The number of carbonyl (C=O) groups excluding carboxylic acids is 1. The molecule has 1 aromatic carbocycles. The molecule has 1 atom stereocenters. The highest BCUT2D eigenvalue weighted by Gasteiger charge is 2.30. The Labute approximate surface area is 102 Å². The minimum Gasteiger partial charge on any atom is -0.491 e. The van der Waals surface area contributed by atoms with Crippen LogP contribution >= 0.6 is 0 Å². The van der Waals surface area contributed by atoms with Crippen LogP contribution < -0.4 is 15.8 Å². The summed E-state index contributed by atoms with van der Waals surface area (Å²) in [6.07, 6.45) is 0. The summed E-state index contributed by atoms with van der Waals surface area (Å²) in [7, 11) is 1.69. The molecule has 1 unspecified atom stereocenters. The third-order valence-corrected chi connectivity index (χ3v) is 3.01. The van der Waals surface area contributed by atoms with Gasteiger partial charge < -0.3 is 15.8 Å². The standard InChI is InChI=1S/C13H20N2O2/c1-9-6-5-7-10(2)11(9)17-8-13(3,15-4)12(14)16/h5-7,15H,8H2,1-4H3,(H2,14,16). The van der Waals surface area contributed by atoms with E-state index < -0.39 is 11.4 Å². The monoisotopic (exact) mass is 236 g/mol. The lowest BCUT2D eigenvalue weighted by Crippen LogP contribution is -2.55. The van der Waals surface area contributed by atoms with Gasteiger partial charge in [0.25, 0.3) is 0 Å². The number of carbonyl (C=O) groups is 1. The lowest BCUT2D eigenvalue weighted by Gasteiger charge is -2.26. The molecule has 94 valence electrons. The fourth-order valence-electron chi connectivity index (χ4n) is 1.51. The minimum atomic E-state index is -0.852. The normalized spacial score (nSPS) is 14.1. The van der Waals surface area contributed by atoms with Crippen molar-refractivity contribution in [1.82, 2.24) is 5.32 Å². The number of aryl methyl sites for hydroxylation is 2. The predicted molar refractivity (Wildman–Crippen MR) is 68.1 cm³/mol. The van der Waals surface area contributed by atoms with Crippen LogP contribution in [0.1, 0.15) is 18.1 Å². The lowest BCUT2D eigenvalue weighted by atomic mass is 10.0. The molecule has 0 bridgehead atoms. The largest absolute Gasteiger partial charge is 0.491 e. The first kappa shape index (κ1) is 13.5. The number of amides is 1. The molecule has 17 heavy (non-hydrogen) atoms. The predicted octanol–water partition coefficient (Wildman–Crippen LogP) is 1.15. The molecule has 0 fully saturated rings. The van der Waals surface area contributed by atoms with E-state index in [1.165, 1.54) is 0 Å². The van der Waals surface area contributed by atoms with Crippen LogP contribution in [0, 0.1) is 13.8 Å². The van der Waals surface area contributed by atoms with Crippen molar-refractivity contribution < 1.29 is 9.53 Å². The van der Waals surface area contributed by atoms with Crippen LogP contribution in [0.25, 0.3) is 0 Å². The number of ether oxygens (including phenoxy) is 1. The van der Waals surface area contributed by atoms with Gasteiger partial charge in [0, 0.05) is 0 Å². The Kier molecular flexibility index (Phi) is 4.12. The highest BCUT2D eigenvalue weighted by Crippen LogP contribution is 2.23. The Balaban J connectivity index is 2.83. The van der Waals surface area contributed by atoms with Crippen molar-refractivity contribution in [3.63, 3.8) is 0 Å². The fourth-order valence-corrected chi connectivity index (χ4v) is 1.51. The summed E-state index contributed by atoms with van der Waals surface area (Å²) in [5.41, 5.74) is 6.59. The molecule has 0 saturated carbocycles. The number of para-hydroxylation sites is 1. The van der Waals surface area contributed by atoms with Crippen LogP contribution in [0.5, 0.6) is 5.75 Å². The van der Waals surface area contributed by atoms with Gasteiger partial charge in [-0.05, 0) is 38.9 Å². The van der Waals surface area contributed by atoms with Crippen molar-refractivity contribution >= 4 is 5.91 Å². The summed E-state index contributed by atoms with van der Waals surface area (Å²) in [6.45, 7) is 5.89. The fraction of sp³-hybridized carbons (Fsp3) is 0.462. The maximum atomic E-state index is 11.3. The van der Waals surface area contributed by atoms with Crippen molar-refractivity contribution in [2.45, 2.75) is 26.3 Å². The number of nitrogens with one attached hydrogen (secondary N) is 1. The molecule has 0 radical (unpaired) electrons. The number of hydrogen-bond donors (Lipinski definition) is 2. The van der Waals surface area contributed by atoms with Crippen molar-refractivity contribution in [3.05, 3.63) is 29.3 Å². The summed E-state index contributed by atoms with van der Waals surface area (Å²) in [5, 5.41) is 2.89. The van der Waals surface area contributed by atoms with Crippen molar-refractivity contribution in [2.75, 3.05) is 13.7 Å². The van der Waals surface area contributed by atoms with Gasteiger partial charge in [-0.15, -0.1) is 0 Å². The summed E-state index contributed by atoms with van der Waals surface area (Å²) < 4.78 is 5.72. The molecule has 0 heterocycles. The van der Waals surface area contributed by atoms with Crippen LogP contribution in [0.15, 0.2) is 18.2 Å². The summed E-state index contributed by atoms with van der Waals surface area (Å²) in [6, 6.07) is 5.93. The Morgan fingerprint density at radius 1 is 1.41 bits per heavy atom. The molecule has 1 aromatic rings. The first-order valence-electron chi connectivity index (χ1n) is 5.58. The van der Waals surface area contributed by atoms with Crippen molar-refractivity contribution in [3.8, 4) is 5.75 Å². The Hall–Kier alpha value is -1.55. The van der Waals surface area contributed by atoms with Crippen LogP contribution in [0.4, 0.5) is 0 Å². The molecule has 0 spiro atoms. The van der Waals surface area contributed by atoms with E-state index in [4.69, 9.17) is 10.5 Å². The van der Waals surface area contributed by atoms with Crippen LogP contribution in [0.2, 0.25) is 0 Å². The molecule has 1 amide bonds. The molecule has 4 heteroatoms. The number of likely N-dealkylation sites (N-methyl/N-ethyl adjacent to an activating group) is 1. The van der Waals surface area contributed by atoms with Gasteiger partial charge in [-0.1, -0.05) is 18.2 Å². The molecule has 4 nitrogen and oxygen atoms in total. The van der Waals surface area contributed by atoms with E-state index in [1.54, 1.807) is 14.0 Å². The number of rotatable bonds is 5. The maximum absolute atomic E-state index is 11.3. The Bertz CT molecular complexity index is 398. The van der Waals surface area contributed by atoms with Gasteiger partial charge >= 0.3 is 0 Å². The highest BCUT2D eigenvalue weighted by atomic mass is 16.5. The van der Waals surface area contributed by atoms with E-state index in [2.05, 4.69) is 5.32 Å². The van der Waals surface area contributed by atoms with E-state index in [-0.39, 0.29) is 6.61 Å². The molecular formula is C13H20N2O2. The zero-order valence-electron chi connectivity index (χ0n) is 10.8. The van der Waals surface area contributed by atoms with E-state index in [0.717, 1.165) is 16.9 Å².